The van der Waals surface area contributed by atoms with Gasteiger partial charge in [-0.2, -0.15) is 5.10 Å². The van der Waals surface area contributed by atoms with E-state index in [1.165, 1.54) is 12.8 Å². The molecule has 31 heavy (non-hydrogen) atoms. The van der Waals surface area contributed by atoms with Gasteiger partial charge in [-0.3, -0.25) is 4.79 Å². The van der Waals surface area contributed by atoms with E-state index in [1.807, 2.05) is 36.0 Å². The van der Waals surface area contributed by atoms with Crippen molar-refractivity contribution in [3.63, 3.8) is 0 Å². The van der Waals surface area contributed by atoms with E-state index in [1.54, 1.807) is 17.8 Å². The SMILES string of the molecule is CCOc1ccccc1C(=O)NCCn1ncc2c(N3CCCC3)nc(SCC)nc21. The van der Waals surface area contributed by atoms with Gasteiger partial charge in [0.2, 0.25) is 0 Å². The molecular formula is C22H28N6O2S. The lowest BCUT2D eigenvalue weighted by atomic mass is 10.2. The van der Waals surface area contributed by atoms with Crippen molar-refractivity contribution in [2.24, 2.45) is 0 Å². The molecule has 0 saturated carbocycles. The first kappa shape index (κ1) is 21.4. The zero-order chi connectivity index (χ0) is 21.6. The van der Waals surface area contributed by atoms with E-state index in [0.717, 1.165) is 40.9 Å². The third kappa shape index (κ3) is 4.76. The highest BCUT2D eigenvalue weighted by Crippen LogP contribution is 2.29. The molecule has 1 amide bonds. The fourth-order valence-electron chi connectivity index (χ4n) is 3.75. The number of nitrogens with zero attached hydrogens (tertiary/aromatic N) is 5. The quantitative estimate of drug-likeness (QED) is 0.403. The Labute approximate surface area is 186 Å². The third-order valence-electron chi connectivity index (χ3n) is 5.18. The molecule has 0 spiro atoms. The Kier molecular flexibility index (Phi) is 6.91. The van der Waals surface area contributed by atoms with Crippen molar-refractivity contribution in [2.45, 2.75) is 38.4 Å². The minimum Gasteiger partial charge on any atom is -0.493 e. The highest BCUT2D eigenvalue weighted by atomic mass is 32.2. The summed E-state index contributed by atoms with van der Waals surface area (Å²) in [7, 11) is 0. The molecule has 0 unspecified atom stereocenters. The van der Waals surface area contributed by atoms with Gasteiger partial charge in [0.25, 0.3) is 5.91 Å². The van der Waals surface area contributed by atoms with Gasteiger partial charge in [-0.1, -0.05) is 30.8 Å². The van der Waals surface area contributed by atoms with Crippen LogP contribution in [0.4, 0.5) is 5.82 Å². The van der Waals surface area contributed by atoms with Gasteiger partial charge in [-0.25, -0.2) is 14.6 Å². The highest BCUT2D eigenvalue weighted by Gasteiger charge is 2.21. The topological polar surface area (TPSA) is 85.2 Å². The zero-order valence-electron chi connectivity index (χ0n) is 18.0. The van der Waals surface area contributed by atoms with E-state index >= 15 is 0 Å². The highest BCUT2D eigenvalue weighted by molar-refractivity contribution is 7.99. The van der Waals surface area contributed by atoms with E-state index in [0.29, 0.717) is 31.0 Å². The van der Waals surface area contributed by atoms with Crippen molar-refractivity contribution in [3.05, 3.63) is 36.0 Å². The van der Waals surface area contributed by atoms with Crippen LogP contribution in [-0.2, 0) is 6.54 Å². The van der Waals surface area contributed by atoms with Crippen molar-refractivity contribution in [1.29, 1.82) is 0 Å². The van der Waals surface area contributed by atoms with Crippen LogP contribution in [0.5, 0.6) is 5.75 Å². The van der Waals surface area contributed by atoms with Crippen molar-refractivity contribution in [1.82, 2.24) is 25.1 Å². The summed E-state index contributed by atoms with van der Waals surface area (Å²) in [6, 6.07) is 7.28. The fraction of sp³-hybridized carbons (Fsp3) is 0.455. The Bertz CT molecular complexity index is 1050. The molecular weight excluding hydrogens is 412 g/mol. The average molecular weight is 441 g/mol. The largest absolute Gasteiger partial charge is 0.493 e. The number of rotatable bonds is 9. The van der Waals surface area contributed by atoms with Crippen LogP contribution in [0.25, 0.3) is 11.0 Å². The standard InChI is InChI=1S/C22H28N6O2S/c1-3-30-18-10-6-5-9-16(18)21(29)23-11-14-28-20-17(15-24-28)19(27-12-7-8-13-27)25-22(26-20)31-4-2/h5-6,9-10,15H,3-4,7-8,11-14H2,1-2H3,(H,23,29). The summed E-state index contributed by atoms with van der Waals surface area (Å²) in [5.74, 6) is 2.32. The van der Waals surface area contributed by atoms with Gasteiger partial charge in [0.15, 0.2) is 10.8 Å². The maximum Gasteiger partial charge on any atom is 0.255 e. The molecule has 1 fully saturated rings. The maximum absolute atomic E-state index is 12.6. The summed E-state index contributed by atoms with van der Waals surface area (Å²) in [5.41, 5.74) is 1.35. The maximum atomic E-state index is 12.6. The molecule has 0 radical (unpaired) electrons. The summed E-state index contributed by atoms with van der Waals surface area (Å²) < 4.78 is 7.42. The Balaban J connectivity index is 1.50. The molecule has 1 aromatic carbocycles. The number of fused-ring (bicyclic) bond motifs is 1. The number of amides is 1. The second kappa shape index (κ2) is 10.00. The number of nitrogens with one attached hydrogen (secondary N) is 1. The van der Waals surface area contributed by atoms with E-state index in [9.17, 15) is 4.79 Å². The number of para-hydroxylation sites is 1. The van der Waals surface area contributed by atoms with E-state index in [-0.39, 0.29) is 5.91 Å². The molecule has 0 atom stereocenters. The average Bonchev–Trinajstić information content (AvgIpc) is 3.45. The second-order valence-electron chi connectivity index (χ2n) is 7.25. The van der Waals surface area contributed by atoms with Gasteiger partial charge in [-0.05, 0) is 37.7 Å². The minimum atomic E-state index is -0.157. The van der Waals surface area contributed by atoms with Crippen LogP contribution in [0.1, 0.15) is 37.0 Å². The molecule has 4 rings (SSSR count). The van der Waals surface area contributed by atoms with Crippen LogP contribution in [0.2, 0.25) is 0 Å². The Morgan fingerprint density at radius 3 is 2.77 bits per heavy atom. The molecule has 0 bridgehead atoms. The van der Waals surface area contributed by atoms with E-state index in [2.05, 4.69) is 22.2 Å². The second-order valence-corrected chi connectivity index (χ2v) is 8.48. The predicted octanol–water partition coefficient (Wildman–Crippen LogP) is 3.37. The summed E-state index contributed by atoms with van der Waals surface area (Å²) in [6.45, 7) is 7.52. The van der Waals surface area contributed by atoms with Crippen LogP contribution in [-0.4, -0.2) is 57.6 Å². The summed E-state index contributed by atoms with van der Waals surface area (Å²) in [4.78, 5) is 24.5. The van der Waals surface area contributed by atoms with Crippen LogP contribution < -0.4 is 15.0 Å². The lowest BCUT2D eigenvalue weighted by Gasteiger charge is -2.17. The van der Waals surface area contributed by atoms with E-state index in [4.69, 9.17) is 14.7 Å². The van der Waals surface area contributed by atoms with Gasteiger partial charge in [0.1, 0.15) is 11.6 Å². The Morgan fingerprint density at radius 1 is 1.19 bits per heavy atom. The molecule has 1 aliphatic rings. The molecule has 1 N–H and O–H groups in total. The molecule has 0 aliphatic carbocycles. The number of ether oxygens (including phenoxy) is 1. The normalized spacial score (nSPS) is 13.7. The molecule has 3 heterocycles. The van der Waals surface area contributed by atoms with Crippen LogP contribution in [0, 0.1) is 0 Å². The first-order valence-corrected chi connectivity index (χ1v) is 11.8. The monoisotopic (exact) mass is 440 g/mol. The number of hydrogen-bond acceptors (Lipinski definition) is 7. The number of aromatic nitrogens is 4. The lowest BCUT2D eigenvalue weighted by Crippen LogP contribution is -2.28. The molecule has 164 valence electrons. The van der Waals surface area contributed by atoms with Crippen molar-refractivity contribution >= 4 is 34.5 Å². The molecule has 1 aliphatic heterocycles. The lowest BCUT2D eigenvalue weighted by molar-refractivity contribution is 0.0948. The number of benzene rings is 1. The van der Waals surface area contributed by atoms with Crippen LogP contribution in [0.3, 0.4) is 0 Å². The number of carbonyl (C=O) groups excluding carboxylic acids is 1. The molecule has 1 saturated heterocycles. The van der Waals surface area contributed by atoms with Crippen molar-refractivity contribution in [3.8, 4) is 5.75 Å². The van der Waals surface area contributed by atoms with Crippen molar-refractivity contribution < 1.29 is 9.53 Å². The molecule has 3 aromatic rings. The summed E-state index contributed by atoms with van der Waals surface area (Å²) in [5, 5.41) is 9.26. The Morgan fingerprint density at radius 2 is 2.00 bits per heavy atom. The van der Waals surface area contributed by atoms with Gasteiger partial charge < -0.3 is 15.0 Å². The number of hydrogen-bond donors (Lipinski definition) is 1. The number of carbonyl (C=O) groups is 1. The number of anilines is 1. The predicted molar refractivity (Wildman–Crippen MR) is 123 cm³/mol. The zero-order valence-corrected chi connectivity index (χ0v) is 18.8. The minimum absolute atomic E-state index is 0.157. The first-order valence-electron chi connectivity index (χ1n) is 10.8. The van der Waals surface area contributed by atoms with Gasteiger partial charge in [0.05, 0.1) is 30.3 Å². The van der Waals surface area contributed by atoms with Gasteiger partial charge in [-0.15, -0.1) is 0 Å². The number of thioether (sulfide) groups is 1. The van der Waals surface area contributed by atoms with Gasteiger partial charge in [0, 0.05) is 19.6 Å². The third-order valence-corrected chi connectivity index (χ3v) is 5.90. The van der Waals surface area contributed by atoms with E-state index < -0.39 is 0 Å². The van der Waals surface area contributed by atoms with Crippen LogP contribution >= 0.6 is 11.8 Å². The van der Waals surface area contributed by atoms with Gasteiger partial charge >= 0.3 is 0 Å². The smallest absolute Gasteiger partial charge is 0.255 e. The van der Waals surface area contributed by atoms with Crippen LogP contribution in [0.15, 0.2) is 35.6 Å². The summed E-state index contributed by atoms with van der Waals surface area (Å²) >= 11 is 1.63. The Hall–Kier alpha value is -2.81. The molecule has 9 heteroatoms. The fourth-order valence-corrected chi connectivity index (χ4v) is 4.31. The first-order chi connectivity index (χ1) is 15.2. The summed E-state index contributed by atoms with van der Waals surface area (Å²) in [6.07, 6.45) is 4.21. The molecule has 8 nitrogen and oxygen atoms in total. The van der Waals surface area contributed by atoms with Crippen molar-refractivity contribution in [2.75, 3.05) is 36.9 Å². The molecule has 2 aromatic heterocycles.